The van der Waals surface area contributed by atoms with E-state index < -0.39 is 10.0 Å². The molecule has 5 heteroatoms. The van der Waals surface area contributed by atoms with E-state index in [1.165, 1.54) is 0 Å². The van der Waals surface area contributed by atoms with Gasteiger partial charge in [-0.2, -0.15) is 0 Å². The van der Waals surface area contributed by atoms with Gasteiger partial charge in [0, 0.05) is 6.07 Å². The molecule has 2 aromatic heterocycles. The molecule has 13 heavy (non-hydrogen) atoms. The van der Waals surface area contributed by atoms with Crippen LogP contribution < -0.4 is 0 Å². The fraction of sp³-hybridized carbons (Fsp3) is 0.375. The average Bonchev–Trinajstić information content (AvgIpc) is 2.47. The third kappa shape index (κ3) is 1.51. The molecule has 0 aliphatic heterocycles. The molecule has 0 aliphatic carbocycles. The summed E-state index contributed by atoms with van der Waals surface area (Å²) in [5.41, 5.74) is 0.868. The van der Waals surface area contributed by atoms with Crippen molar-refractivity contribution >= 4 is 15.7 Å². The maximum absolute atomic E-state index is 4.37. The molecule has 2 aromatic rings. The van der Waals surface area contributed by atoms with E-state index in [-0.39, 0.29) is 0 Å². The van der Waals surface area contributed by atoms with Crippen molar-refractivity contribution < 1.29 is 0 Å². The maximum Gasteiger partial charge on any atom is 0.164 e. The molecule has 4 nitrogen and oxygen atoms in total. The lowest BCUT2D eigenvalue weighted by Gasteiger charge is -2.23. The van der Waals surface area contributed by atoms with Gasteiger partial charge in [0.1, 0.15) is 12.7 Å². The van der Waals surface area contributed by atoms with E-state index >= 15 is 0 Å². The first-order chi connectivity index (χ1) is 6.07. The summed E-state index contributed by atoms with van der Waals surface area (Å²) in [5, 5.41) is 8.90. The zero-order valence-corrected chi connectivity index (χ0v) is 8.75. The highest BCUT2D eigenvalue weighted by atomic mass is 32.3. The highest BCUT2D eigenvalue weighted by Crippen LogP contribution is 2.43. The Labute approximate surface area is 78.3 Å². The van der Waals surface area contributed by atoms with Gasteiger partial charge in [0.25, 0.3) is 0 Å². The monoisotopic (exact) mass is 196 g/mol. The minimum absolute atomic E-state index is 0.764. The Hall–Kier alpha value is -1.10. The van der Waals surface area contributed by atoms with Crippen molar-refractivity contribution in [2.24, 2.45) is 0 Å². The molecule has 70 valence electrons. The normalized spacial score (nSPS) is 13.5. The fourth-order valence-corrected chi connectivity index (χ4v) is 1.87. The van der Waals surface area contributed by atoms with Crippen LogP contribution in [-0.4, -0.2) is 38.3 Å². The third-order valence-electron chi connectivity index (χ3n) is 1.79. The van der Waals surface area contributed by atoms with Crippen molar-refractivity contribution in [2.45, 2.75) is 5.03 Å². The number of hydrogen-bond acceptors (Lipinski definition) is 3. The molecule has 0 saturated carbocycles. The van der Waals surface area contributed by atoms with E-state index in [1.807, 2.05) is 10.5 Å². The van der Waals surface area contributed by atoms with Gasteiger partial charge >= 0.3 is 0 Å². The van der Waals surface area contributed by atoms with Gasteiger partial charge < -0.3 is 0 Å². The van der Waals surface area contributed by atoms with Crippen LogP contribution in [0.2, 0.25) is 0 Å². The Morgan fingerprint density at radius 1 is 1.23 bits per heavy atom. The van der Waals surface area contributed by atoms with Gasteiger partial charge in [-0.1, -0.05) is 0 Å². The number of hydrogen-bond donors (Lipinski definition) is 0. The zero-order chi connectivity index (χ0) is 9.47. The van der Waals surface area contributed by atoms with Crippen molar-refractivity contribution in [1.82, 2.24) is 19.6 Å². The molecule has 0 unspecified atom stereocenters. The molecule has 0 aliphatic rings. The quantitative estimate of drug-likeness (QED) is 0.643. The Bertz CT molecular complexity index is 429. The molecule has 0 fully saturated rings. The van der Waals surface area contributed by atoms with Crippen molar-refractivity contribution in [3.63, 3.8) is 0 Å². The summed E-state index contributed by atoms with van der Waals surface area (Å²) < 4.78 is 1.81. The Morgan fingerprint density at radius 2 is 2.00 bits per heavy atom. The number of fused-ring (bicyclic) bond motifs is 1. The number of rotatable bonds is 1. The summed E-state index contributed by atoms with van der Waals surface area (Å²) in [5.74, 6) is 0. The smallest absolute Gasteiger partial charge is 0.164 e. The van der Waals surface area contributed by atoms with E-state index in [1.54, 1.807) is 12.7 Å². The van der Waals surface area contributed by atoms with Crippen molar-refractivity contribution in [3.8, 4) is 0 Å². The molecule has 0 saturated heterocycles. The highest BCUT2D eigenvalue weighted by Gasteiger charge is 2.10. The van der Waals surface area contributed by atoms with Gasteiger partial charge in [-0.25, -0.2) is 15.0 Å². The lowest BCUT2D eigenvalue weighted by molar-refractivity contribution is 0.998. The molecule has 0 amide bonds. The van der Waals surface area contributed by atoms with Crippen LogP contribution in [0.15, 0.2) is 23.7 Å². The number of aromatic nitrogens is 4. The maximum atomic E-state index is 4.37. The van der Waals surface area contributed by atoms with Crippen molar-refractivity contribution in [3.05, 3.63) is 18.7 Å². The SMILES string of the molecule is CS(C)(C)c1cc2nncn2cn1. The predicted octanol–water partition coefficient (Wildman–Crippen LogP) is 1.18. The topological polar surface area (TPSA) is 43.1 Å². The van der Waals surface area contributed by atoms with Crippen molar-refractivity contribution in [2.75, 3.05) is 18.8 Å². The zero-order valence-electron chi connectivity index (χ0n) is 7.93. The van der Waals surface area contributed by atoms with Crippen LogP contribution in [0.5, 0.6) is 0 Å². The van der Waals surface area contributed by atoms with Gasteiger partial charge in [0.2, 0.25) is 0 Å². The van der Waals surface area contributed by atoms with Crippen LogP contribution in [0.25, 0.3) is 5.65 Å². The van der Waals surface area contributed by atoms with Crippen LogP contribution in [0.4, 0.5) is 0 Å². The van der Waals surface area contributed by atoms with E-state index in [4.69, 9.17) is 0 Å². The summed E-state index contributed by atoms with van der Waals surface area (Å²) in [6, 6.07) is 2.00. The standard InChI is InChI=1S/C8H12N4S/c1-13(2,3)8-4-7-11-10-6-12(7)5-9-8/h4-6H,1-3H3. The Balaban J connectivity index is 2.61. The summed E-state index contributed by atoms with van der Waals surface area (Å²) in [6.45, 7) is 0. The summed E-state index contributed by atoms with van der Waals surface area (Å²) in [6.07, 6.45) is 10.1. The lowest BCUT2D eigenvalue weighted by atomic mass is 10.6. The molecule has 2 heterocycles. The number of nitrogens with zero attached hydrogens (tertiary/aromatic N) is 4. The molecular formula is C8H12N4S. The molecule has 0 atom stereocenters. The molecular weight excluding hydrogens is 184 g/mol. The minimum atomic E-state index is -0.764. The van der Waals surface area contributed by atoms with Crippen LogP contribution in [-0.2, 0) is 0 Å². The van der Waals surface area contributed by atoms with Gasteiger partial charge in [0.05, 0.1) is 5.03 Å². The first-order valence-electron chi connectivity index (χ1n) is 3.91. The summed E-state index contributed by atoms with van der Waals surface area (Å²) >= 11 is 0. The van der Waals surface area contributed by atoms with Gasteiger partial charge in [-0.15, -0.1) is 10.2 Å². The van der Waals surface area contributed by atoms with Crippen molar-refractivity contribution in [1.29, 1.82) is 0 Å². The second-order valence-electron chi connectivity index (χ2n) is 3.66. The van der Waals surface area contributed by atoms with Gasteiger partial charge in [-0.3, -0.25) is 4.40 Å². The van der Waals surface area contributed by atoms with E-state index in [0.717, 1.165) is 10.7 Å². The van der Waals surface area contributed by atoms with Gasteiger partial charge in [-0.05, 0) is 18.8 Å². The van der Waals surface area contributed by atoms with Crippen LogP contribution in [0.1, 0.15) is 0 Å². The van der Waals surface area contributed by atoms with E-state index in [9.17, 15) is 0 Å². The molecule has 0 aromatic carbocycles. The molecule has 0 N–H and O–H groups in total. The second-order valence-corrected chi connectivity index (χ2v) is 7.75. The predicted molar refractivity (Wildman–Crippen MR) is 54.4 cm³/mol. The largest absolute Gasteiger partial charge is 0.272 e. The third-order valence-corrected chi connectivity index (χ3v) is 3.27. The van der Waals surface area contributed by atoms with E-state index in [0.29, 0.717) is 0 Å². The molecule has 0 spiro atoms. The Kier molecular flexibility index (Phi) is 1.76. The molecule has 0 radical (unpaired) electrons. The molecule has 0 bridgehead atoms. The fourth-order valence-electron chi connectivity index (χ4n) is 1.05. The average molecular weight is 196 g/mol. The summed E-state index contributed by atoms with van der Waals surface area (Å²) in [4.78, 5) is 4.37. The Morgan fingerprint density at radius 3 is 2.69 bits per heavy atom. The highest BCUT2D eigenvalue weighted by molar-refractivity contribution is 8.32. The van der Waals surface area contributed by atoms with Crippen LogP contribution in [0.3, 0.4) is 0 Å². The molecule has 2 rings (SSSR count). The first-order valence-corrected chi connectivity index (χ1v) is 6.77. The first kappa shape index (κ1) is 8.50. The second kappa shape index (κ2) is 2.70. The lowest BCUT2D eigenvalue weighted by Crippen LogP contribution is -1.98. The van der Waals surface area contributed by atoms with Crippen LogP contribution in [0, 0.1) is 0 Å². The minimum Gasteiger partial charge on any atom is -0.272 e. The van der Waals surface area contributed by atoms with Gasteiger partial charge in [0.15, 0.2) is 5.65 Å². The van der Waals surface area contributed by atoms with Crippen LogP contribution >= 0.6 is 10.0 Å². The summed E-state index contributed by atoms with van der Waals surface area (Å²) in [7, 11) is -0.764. The van der Waals surface area contributed by atoms with E-state index in [2.05, 4.69) is 33.9 Å².